The second kappa shape index (κ2) is 8.12. The van der Waals surface area contributed by atoms with Crippen LogP contribution in [0, 0.1) is 6.92 Å². The molecule has 0 amide bonds. The molecule has 2 aromatic rings. The Morgan fingerprint density at radius 1 is 1.23 bits per heavy atom. The van der Waals surface area contributed by atoms with Gasteiger partial charge < -0.3 is 15.5 Å². The zero-order chi connectivity index (χ0) is 17.3. The molecule has 1 saturated heterocycles. The molecular weight excluding hydrogens is 457 g/mol. The van der Waals surface area contributed by atoms with Crippen LogP contribution in [0.5, 0.6) is 0 Å². The van der Waals surface area contributed by atoms with Gasteiger partial charge >= 0.3 is 0 Å². The quantitative estimate of drug-likeness (QED) is 0.412. The Hall–Kier alpha value is -1.35. The fourth-order valence-corrected chi connectivity index (χ4v) is 4.36. The van der Waals surface area contributed by atoms with Crippen LogP contribution in [0.3, 0.4) is 0 Å². The van der Waals surface area contributed by atoms with Crippen LogP contribution in [-0.4, -0.2) is 48.6 Å². The van der Waals surface area contributed by atoms with Gasteiger partial charge in [-0.1, -0.05) is 24.3 Å². The summed E-state index contributed by atoms with van der Waals surface area (Å²) in [4.78, 5) is 13.7. The van der Waals surface area contributed by atoms with Gasteiger partial charge in [0.1, 0.15) is 0 Å². The largest absolute Gasteiger partial charge is 0.370 e. The van der Waals surface area contributed by atoms with Crippen molar-refractivity contribution in [1.29, 1.82) is 0 Å². The van der Waals surface area contributed by atoms with Crippen molar-refractivity contribution in [2.45, 2.75) is 25.2 Å². The number of halogens is 1. The molecule has 0 radical (unpaired) electrons. The van der Waals surface area contributed by atoms with E-state index < -0.39 is 0 Å². The Bertz CT molecular complexity index is 749. The van der Waals surface area contributed by atoms with Crippen LogP contribution < -0.4 is 10.6 Å². The van der Waals surface area contributed by atoms with E-state index in [1.165, 1.54) is 24.0 Å². The van der Waals surface area contributed by atoms with Gasteiger partial charge in [-0.3, -0.25) is 4.99 Å². The molecule has 0 bridgehead atoms. The van der Waals surface area contributed by atoms with Crippen LogP contribution in [-0.2, 0) is 5.41 Å². The van der Waals surface area contributed by atoms with Crippen molar-refractivity contribution in [2.24, 2.45) is 10.7 Å². The lowest BCUT2D eigenvalue weighted by molar-refractivity contribution is 0.380. The first kappa shape index (κ1) is 19.4. The van der Waals surface area contributed by atoms with Crippen molar-refractivity contribution in [2.75, 3.05) is 37.6 Å². The Morgan fingerprint density at radius 2 is 1.96 bits per heavy atom. The minimum absolute atomic E-state index is 0. The standard InChI is InChI=1S/C19H25N5S.HI/c1-15-4-2-3-5-16(15)19(6-7-19)14-22-17(20)23-9-11-24(12-10-23)18-21-8-13-25-18;/h2-5,8,13H,6-7,9-12,14H2,1H3,(H2,20,22);1H. The van der Waals surface area contributed by atoms with Gasteiger partial charge in [-0.15, -0.1) is 35.3 Å². The number of nitrogens with zero attached hydrogens (tertiary/aromatic N) is 4. The maximum Gasteiger partial charge on any atom is 0.191 e. The van der Waals surface area contributed by atoms with Crippen molar-refractivity contribution >= 4 is 46.4 Å². The van der Waals surface area contributed by atoms with E-state index in [1.54, 1.807) is 11.3 Å². The first-order valence-electron chi connectivity index (χ1n) is 8.93. The number of anilines is 1. The molecule has 1 aliphatic heterocycles. The van der Waals surface area contributed by atoms with Gasteiger partial charge in [0.05, 0.1) is 6.54 Å². The zero-order valence-electron chi connectivity index (χ0n) is 15.1. The average Bonchev–Trinajstić information content (AvgIpc) is 3.22. The predicted octanol–water partition coefficient (Wildman–Crippen LogP) is 3.24. The molecule has 2 fully saturated rings. The number of thiazole rings is 1. The van der Waals surface area contributed by atoms with E-state index in [-0.39, 0.29) is 29.4 Å². The van der Waals surface area contributed by atoms with E-state index >= 15 is 0 Å². The second-order valence-corrected chi connectivity index (χ2v) is 7.93. The summed E-state index contributed by atoms with van der Waals surface area (Å²) in [6, 6.07) is 8.68. The summed E-state index contributed by atoms with van der Waals surface area (Å²) in [5.41, 5.74) is 9.34. The maximum atomic E-state index is 6.31. The number of aromatic nitrogens is 1. The van der Waals surface area contributed by atoms with Gasteiger partial charge in [0.15, 0.2) is 11.1 Å². The SMILES string of the molecule is Cc1ccccc1C1(CN=C(N)N2CCN(c3nccs3)CC2)CC1.I. The molecule has 0 spiro atoms. The highest BCUT2D eigenvalue weighted by molar-refractivity contribution is 14.0. The normalized spacial score (nSPS) is 19.2. The molecule has 0 atom stereocenters. The number of rotatable bonds is 4. The molecule has 1 saturated carbocycles. The molecule has 7 heteroatoms. The first-order valence-corrected chi connectivity index (χ1v) is 9.81. The molecule has 1 aromatic heterocycles. The molecule has 1 aliphatic carbocycles. The average molecular weight is 483 g/mol. The minimum Gasteiger partial charge on any atom is -0.370 e. The van der Waals surface area contributed by atoms with Crippen molar-refractivity contribution in [1.82, 2.24) is 9.88 Å². The molecule has 0 unspecified atom stereocenters. The highest BCUT2D eigenvalue weighted by Crippen LogP contribution is 2.49. The highest BCUT2D eigenvalue weighted by atomic mass is 127. The minimum atomic E-state index is 0. The fraction of sp³-hybridized carbons (Fsp3) is 0.474. The first-order chi connectivity index (χ1) is 12.2. The highest BCUT2D eigenvalue weighted by Gasteiger charge is 2.45. The van der Waals surface area contributed by atoms with E-state index in [4.69, 9.17) is 10.7 Å². The third kappa shape index (κ3) is 3.98. The third-order valence-electron chi connectivity index (χ3n) is 5.41. The lowest BCUT2D eigenvalue weighted by Gasteiger charge is -2.35. The lowest BCUT2D eigenvalue weighted by Crippen LogP contribution is -2.51. The van der Waals surface area contributed by atoms with Crippen LogP contribution >= 0.6 is 35.3 Å². The summed E-state index contributed by atoms with van der Waals surface area (Å²) >= 11 is 1.69. The molecule has 1 aromatic carbocycles. The van der Waals surface area contributed by atoms with E-state index in [2.05, 4.69) is 46.0 Å². The van der Waals surface area contributed by atoms with E-state index in [0.717, 1.165) is 37.9 Å². The number of piperazine rings is 1. The van der Waals surface area contributed by atoms with Gasteiger partial charge in [0.25, 0.3) is 0 Å². The number of benzene rings is 1. The molecule has 140 valence electrons. The number of aliphatic imine (C=N–C) groups is 1. The predicted molar refractivity (Wildman–Crippen MR) is 120 cm³/mol. The Kier molecular flexibility index (Phi) is 6.06. The van der Waals surface area contributed by atoms with E-state index in [9.17, 15) is 0 Å². The Morgan fingerprint density at radius 3 is 2.58 bits per heavy atom. The topological polar surface area (TPSA) is 57.8 Å². The maximum absolute atomic E-state index is 6.31. The molecule has 2 N–H and O–H groups in total. The molecular formula is C19H26IN5S. The smallest absolute Gasteiger partial charge is 0.191 e. The van der Waals surface area contributed by atoms with Crippen molar-refractivity contribution in [3.63, 3.8) is 0 Å². The van der Waals surface area contributed by atoms with Crippen molar-refractivity contribution < 1.29 is 0 Å². The summed E-state index contributed by atoms with van der Waals surface area (Å²) in [6.45, 7) is 6.72. The Balaban J connectivity index is 0.00000196. The van der Waals surface area contributed by atoms with Crippen LogP contribution in [0.25, 0.3) is 0 Å². The molecule has 5 nitrogen and oxygen atoms in total. The number of aryl methyl sites for hydroxylation is 1. The van der Waals surface area contributed by atoms with Crippen LogP contribution in [0.4, 0.5) is 5.13 Å². The van der Waals surface area contributed by atoms with Gasteiger partial charge in [0.2, 0.25) is 0 Å². The summed E-state index contributed by atoms with van der Waals surface area (Å²) in [7, 11) is 0. The summed E-state index contributed by atoms with van der Waals surface area (Å²) in [6.07, 6.45) is 4.29. The number of hydrogen-bond acceptors (Lipinski definition) is 4. The number of hydrogen-bond donors (Lipinski definition) is 1. The molecule has 26 heavy (non-hydrogen) atoms. The van der Waals surface area contributed by atoms with Crippen molar-refractivity contribution in [3.8, 4) is 0 Å². The van der Waals surface area contributed by atoms with Crippen LogP contribution in [0.2, 0.25) is 0 Å². The van der Waals surface area contributed by atoms with Gasteiger partial charge in [-0.25, -0.2) is 4.98 Å². The third-order valence-corrected chi connectivity index (χ3v) is 6.24. The van der Waals surface area contributed by atoms with Crippen LogP contribution in [0.1, 0.15) is 24.0 Å². The van der Waals surface area contributed by atoms with Crippen LogP contribution in [0.15, 0.2) is 40.8 Å². The van der Waals surface area contributed by atoms with E-state index in [0.29, 0.717) is 5.96 Å². The number of nitrogens with two attached hydrogens (primary N) is 1. The monoisotopic (exact) mass is 483 g/mol. The van der Waals surface area contributed by atoms with Gasteiger partial charge in [0, 0.05) is 43.2 Å². The molecule has 2 aliphatic rings. The van der Waals surface area contributed by atoms with Crippen molar-refractivity contribution in [3.05, 3.63) is 47.0 Å². The van der Waals surface area contributed by atoms with E-state index in [1.807, 2.05) is 11.6 Å². The van der Waals surface area contributed by atoms with Gasteiger partial charge in [-0.05, 0) is 30.9 Å². The second-order valence-electron chi connectivity index (χ2n) is 7.06. The molecule has 2 heterocycles. The summed E-state index contributed by atoms with van der Waals surface area (Å²) < 4.78 is 0. The number of guanidine groups is 1. The Labute approximate surface area is 176 Å². The fourth-order valence-electron chi connectivity index (χ4n) is 3.66. The zero-order valence-corrected chi connectivity index (χ0v) is 18.2. The summed E-state index contributed by atoms with van der Waals surface area (Å²) in [5, 5.41) is 3.13. The lowest BCUT2D eigenvalue weighted by atomic mass is 9.92. The van der Waals surface area contributed by atoms with Gasteiger partial charge in [-0.2, -0.15) is 0 Å². The summed E-state index contributed by atoms with van der Waals surface area (Å²) in [5.74, 6) is 0.693. The molecule has 4 rings (SSSR count).